The van der Waals surface area contributed by atoms with Crippen LogP contribution in [0.25, 0.3) is 0 Å². The molecule has 2 fully saturated rings. The van der Waals surface area contributed by atoms with Gasteiger partial charge < -0.3 is 19.5 Å². The molecule has 5 nitrogen and oxygen atoms in total. The highest BCUT2D eigenvalue weighted by atomic mass is 16.5. The van der Waals surface area contributed by atoms with Crippen molar-refractivity contribution in [3.63, 3.8) is 0 Å². The van der Waals surface area contributed by atoms with Gasteiger partial charge in [-0.2, -0.15) is 0 Å². The number of benzene rings is 1. The van der Waals surface area contributed by atoms with E-state index in [1.54, 1.807) is 0 Å². The van der Waals surface area contributed by atoms with Crippen molar-refractivity contribution < 1.29 is 19.4 Å². The van der Waals surface area contributed by atoms with E-state index in [-0.39, 0.29) is 5.91 Å². The van der Waals surface area contributed by atoms with Gasteiger partial charge in [0.25, 0.3) is 0 Å². The largest absolute Gasteiger partial charge is 0.493 e. The maximum absolute atomic E-state index is 12.3. The summed E-state index contributed by atoms with van der Waals surface area (Å²) in [6, 6.07) is 9.53. The summed E-state index contributed by atoms with van der Waals surface area (Å²) in [6.45, 7) is 2.42. The summed E-state index contributed by atoms with van der Waals surface area (Å²) in [7, 11) is 0. The van der Waals surface area contributed by atoms with Crippen LogP contribution in [0.15, 0.2) is 30.3 Å². The minimum atomic E-state index is -0.421. The van der Waals surface area contributed by atoms with E-state index >= 15 is 0 Å². The maximum Gasteiger partial charge on any atom is 0.226 e. The third-order valence-corrected chi connectivity index (χ3v) is 4.91. The number of aliphatic hydroxyl groups is 1. The lowest BCUT2D eigenvalue weighted by atomic mass is 9.82. The van der Waals surface area contributed by atoms with Crippen molar-refractivity contribution >= 4 is 5.91 Å². The Morgan fingerprint density at radius 3 is 2.74 bits per heavy atom. The summed E-state index contributed by atoms with van der Waals surface area (Å²) in [6.07, 6.45) is 3.15. The lowest BCUT2D eigenvalue weighted by Gasteiger charge is -2.46. The van der Waals surface area contributed by atoms with Gasteiger partial charge in [-0.15, -0.1) is 0 Å². The molecule has 1 N–H and O–H groups in total. The average Bonchev–Trinajstić information content (AvgIpc) is 2.59. The molecule has 0 unspecified atom stereocenters. The van der Waals surface area contributed by atoms with Gasteiger partial charge in [0.15, 0.2) is 0 Å². The number of hydrogen-bond donors (Lipinski definition) is 1. The van der Waals surface area contributed by atoms with Gasteiger partial charge in [0, 0.05) is 19.7 Å². The van der Waals surface area contributed by atoms with Gasteiger partial charge in [0.2, 0.25) is 5.91 Å². The highest BCUT2D eigenvalue weighted by Gasteiger charge is 2.44. The number of hydrogen-bond acceptors (Lipinski definition) is 4. The van der Waals surface area contributed by atoms with Crippen LogP contribution in [0, 0.1) is 0 Å². The number of para-hydroxylation sites is 1. The lowest BCUT2D eigenvalue weighted by molar-refractivity contribution is -0.179. The van der Waals surface area contributed by atoms with E-state index in [4.69, 9.17) is 9.47 Å². The molecule has 2 heterocycles. The molecule has 0 saturated carbocycles. The molecule has 1 atom stereocenters. The Morgan fingerprint density at radius 2 is 2.04 bits per heavy atom. The third-order valence-electron chi connectivity index (χ3n) is 4.91. The molecule has 1 aromatic rings. The average molecular weight is 319 g/mol. The number of rotatable bonds is 4. The number of carbonyl (C=O) groups excluding carboxylic acids is 1. The van der Waals surface area contributed by atoms with Crippen molar-refractivity contribution in [2.45, 2.75) is 43.8 Å². The number of likely N-dealkylation sites (tertiary alicyclic amines) is 1. The van der Waals surface area contributed by atoms with Gasteiger partial charge >= 0.3 is 0 Å². The Hall–Kier alpha value is -1.59. The molecule has 2 aliphatic heterocycles. The summed E-state index contributed by atoms with van der Waals surface area (Å²) in [5.74, 6) is 0.901. The first-order chi connectivity index (χ1) is 11.2. The molecule has 0 radical (unpaired) electrons. The number of carbonyl (C=O) groups is 1. The molecule has 1 aromatic carbocycles. The van der Waals surface area contributed by atoms with E-state index in [2.05, 4.69) is 0 Å². The molecule has 1 spiro atoms. The van der Waals surface area contributed by atoms with Crippen LogP contribution >= 0.6 is 0 Å². The molecule has 1 amide bonds. The Kier molecular flexibility index (Phi) is 5.18. The molecule has 0 bridgehead atoms. The molecule has 2 saturated heterocycles. The maximum atomic E-state index is 12.3. The van der Waals surface area contributed by atoms with Crippen molar-refractivity contribution in [3.05, 3.63) is 30.3 Å². The van der Waals surface area contributed by atoms with Crippen LogP contribution in [-0.2, 0) is 9.53 Å². The van der Waals surface area contributed by atoms with E-state index in [0.717, 1.165) is 38.0 Å². The lowest BCUT2D eigenvalue weighted by Crippen LogP contribution is -2.56. The van der Waals surface area contributed by atoms with E-state index < -0.39 is 11.7 Å². The fourth-order valence-electron chi connectivity index (χ4n) is 3.45. The summed E-state index contributed by atoms with van der Waals surface area (Å²) >= 11 is 0. The van der Waals surface area contributed by atoms with Crippen molar-refractivity contribution in [2.24, 2.45) is 0 Å². The fourth-order valence-corrected chi connectivity index (χ4v) is 3.45. The molecule has 126 valence electrons. The van der Waals surface area contributed by atoms with Crippen LogP contribution in [0.2, 0.25) is 0 Å². The normalized spacial score (nSPS) is 23.7. The van der Waals surface area contributed by atoms with Crippen LogP contribution in [0.4, 0.5) is 0 Å². The molecule has 0 aromatic heterocycles. The summed E-state index contributed by atoms with van der Waals surface area (Å²) in [5.41, 5.74) is -0.421. The topological polar surface area (TPSA) is 59.0 Å². The quantitative estimate of drug-likeness (QED) is 0.922. The van der Waals surface area contributed by atoms with Crippen LogP contribution in [0.3, 0.4) is 0 Å². The second-order valence-corrected chi connectivity index (χ2v) is 6.36. The van der Waals surface area contributed by atoms with Gasteiger partial charge in [-0.3, -0.25) is 4.79 Å². The summed E-state index contributed by atoms with van der Waals surface area (Å²) < 4.78 is 11.5. The minimum absolute atomic E-state index is 0.112. The summed E-state index contributed by atoms with van der Waals surface area (Å²) in [4.78, 5) is 14.1. The van der Waals surface area contributed by atoms with Crippen LogP contribution in [-0.4, -0.2) is 53.9 Å². The monoisotopic (exact) mass is 319 g/mol. The van der Waals surface area contributed by atoms with Crippen molar-refractivity contribution in [1.29, 1.82) is 0 Å². The highest BCUT2D eigenvalue weighted by Crippen LogP contribution is 2.35. The van der Waals surface area contributed by atoms with Crippen molar-refractivity contribution in [1.82, 2.24) is 4.90 Å². The zero-order chi connectivity index (χ0) is 16.1. The zero-order valence-electron chi connectivity index (χ0n) is 13.4. The fraction of sp³-hybridized carbons (Fsp3) is 0.611. The van der Waals surface area contributed by atoms with E-state index in [1.165, 1.54) is 0 Å². The number of nitrogens with zero attached hydrogens (tertiary/aromatic N) is 1. The van der Waals surface area contributed by atoms with Crippen molar-refractivity contribution in [2.75, 3.05) is 26.3 Å². The smallest absolute Gasteiger partial charge is 0.226 e. The van der Waals surface area contributed by atoms with Gasteiger partial charge in [0.1, 0.15) is 5.75 Å². The second-order valence-electron chi connectivity index (χ2n) is 6.36. The van der Waals surface area contributed by atoms with Crippen molar-refractivity contribution in [3.8, 4) is 5.75 Å². The van der Waals surface area contributed by atoms with Gasteiger partial charge in [-0.25, -0.2) is 0 Å². The predicted molar refractivity (Wildman–Crippen MR) is 86.3 cm³/mol. The Labute approximate surface area is 137 Å². The molecule has 0 aliphatic carbocycles. The molecular formula is C18H25NO4. The molecule has 5 heteroatoms. The van der Waals surface area contributed by atoms with Gasteiger partial charge in [0.05, 0.1) is 24.7 Å². The zero-order valence-corrected chi connectivity index (χ0v) is 13.4. The van der Waals surface area contributed by atoms with E-state index in [9.17, 15) is 9.90 Å². The molecule has 23 heavy (non-hydrogen) atoms. The molecule has 3 rings (SSSR count). The molecule has 2 aliphatic rings. The second kappa shape index (κ2) is 7.32. The molecular weight excluding hydrogens is 294 g/mol. The Morgan fingerprint density at radius 1 is 1.30 bits per heavy atom. The number of ether oxygens (including phenoxy) is 2. The number of piperidine rings is 1. The SMILES string of the molecule is O=C(CCOc1ccccc1)N1CCC2(CC1)OCCC[C@H]2O. The highest BCUT2D eigenvalue weighted by molar-refractivity contribution is 5.76. The van der Waals surface area contributed by atoms with Gasteiger partial charge in [-0.1, -0.05) is 18.2 Å². The van der Waals surface area contributed by atoms with E-state index in [0.29, 0.717) is 26.1 Å². The Balaban J connectivity index is 1.43. The first kappa shape index (κ1) is 16.3. The number of aliphatic hydroxyl groups excluding tert-OH is 1. The van der Waals surface area contributed by atoms with E-state index in [1.807, 2.05) is 35.2 Å². The van der Waals surface area contributed by atoms with Crippen LogP contribution in [0.5, 0.6) is 5.75 Å². The predicted octanol–water partition coefficient (Wildman–Crippen LogP) is 1.99. The number of amides is 1. The first-order valence-corrected chi connectivity index (χ1v) is 8.47. The van der Waals surface area contributed by atoms with Crippen LogP contribution < -0.4 is 4.74 Å². The minimum Gasteiger partial charge on any atom is -0.493 e. The Bertz CT molecular complexity index is 511. The first-order valence-electron chi connectivity index (χ1n) is 8.47. The summed E-state index contributed by atoms with van der Waals surface area (Å²) in [5, 5.41) is 10.2. The van der Waals surface area contributed by atoms with Gasteiger partial charge in [-0.05, 0) is 37.8 Å². The van der Waals surface area contributed by atoms with Crippen LogP contribution in [0.1, 0.15) is 32.1 Å². The third kappa shape index (κ3) is 3.85. The standard InChI is InChI=1S/C18H25NO4/c20-16-7-4-13-23-18(16)9-11-19(12-10-18)17(21)8-14-22-15-5-2-1-3-6-15/h1-3,5-6,16,20H,4,7-14H2/t16-/m1/s1.